The summed E-state index contributed by atoms with van der Waals surface area (Å²) in [5.74, 6) is 0.107. The molecule has 0 atom stereocenters. The van der Waals surface area contributed by atoms with Gasteiger partial charge in [0.05, 0.1) is 12.1 Å². The number of aliphatic hydroxyl groups excluding tert-OH is 1. The number of aliphatic hydroxyl groups is 1. The van der Waals surface area contributed by atoms with Crippen LogP contribution in [-0.2, 0) is 6.18 Å². The van der Waals surface area contributed by atoms with E-state index in [1.165, 1.54) is 0 Å². The van der Waals surface area contributed by atoms with Gasteiger partial charge in [-0.25, -0.2) is 4.98 Å². The summed E-state index contributed by atoms with van der Waals surface area (Å²) in [6.45, 7) is 1.96. The Morgan fingerprint density at radius 3 is 2.52 bits per heavy atom. The van der Waals surface area contributed by atoms with E-state index < -0.39 is 23.4 Å². The highest BCUT2D eigenvalue weighted by atomic mass is 19.4. The molecule has 1 heterocycles. The fourth-order valence-corrected chi connectivity index (χ4v) is 2.58. The first-order chi connectivity index (χ1) is 9.74. The maximum absolute atomic E-state index is 12.7. The highest BCUT2D eigenvalue weighted by molar-refractivity contribution is 5.44. The highest BCUT2D eigenvalue weighted by Crippen LogP contribution is 2.35. The minimum atomic E-state index is -4.58. The Balaban J connectivity index is 2.24. The predicted octanol–water partition coefficient (Wildman–Crippen LogP) is 2.43. The summed E-state index contributed by atoms with van der Waals surface area (Å²) in [6.07, 6.45) is -1.42. The summed E-state index contributed by atoms with van der Waals surface area (Å²) in [5.41, 5.74) is 3.61. The number of anilines is 2. The minimum absolute atomic E-state index is 0.00146. The van der Waals surface area contributed by atoms with Crippen molar-refractivity contribution in [1.29, 1.82) is 0 Å². The van der Waals surface area contributed by atoms with E-state index in [-0.39, 0.29) is 12.4 Å². The highest BCUT2D eigenvalue weighted by Gasteiger charge is 2.36. The molecule has 118 valence electrons. The first kappa shape index (κ1) is 15.8. The summed E-state index contributed by atoms with van der Waals surface area (Å²) >= 11 is 0. The van der Waals surface area contributed by atoms with Crippen molar-refractivity contribution in [3.8, 4) is 0 Å². The number of hydrogen-bond acceptors (Lipinski definition) is 5. The first-order valence-electron chi connectivity index (χ1n) is 6.85. The second kappa shape index (κ2) is 5.67. The van der Waals surface area contributed by atoms with Crippen LogP contribution in [0.15, 0.2) is 6.07 Å². The van der Waals surface area contributed by atoms with Gasteiger partial charge < -0.3 is 16.2 Å². The molecule has 1 aromatic rings. The zero-order chi connectivity index (χ0) is 15.7. The lowest BCUT2D eigenvalue weighted by molar-refractivity contribution is -0.141. The summed E-state index contributed by atoms with van der Waals surface area (Å²) in [4.78, 5) is 7.00. The van der Waals surface area contributed by atoms with Gasteiger partial charge in [0, 0.05) is 6.07 Å². The van der Waals surface area contributed by atoms with Crippen LogP contribution in [0.3, 0.4) is 0 Å². The quantitative estimate of drug-likeness (QED) is 0.798. The van der Waals surface area contributed by atoms with Crippen molar-refractivity contribution in [2.75, 3.05) is 17.7 Å². The third-order valence-corrected chi connectivity index (χ3v) is 3.96. The fraction of sp³-hybridized carbons (Fsp3) is 0.692. The zero-order valence-electron chi connectivity index (χ0n) is 11.7. The maximum atomic E-state index is 12.7. The molecule has 1 fully saturated rings. The molecule has 2 rings (SSSR count). The third kappa shape index (κ3) is 3.75. The average molecular weight is 304 g/mol. The molecule has 1 saturated carbocycles. The van der Waals surface area contributed by atoms with Crippen LogP contribution in [0.1, 0.15) is 38.3 Å². The van der Waals surface area contributed by atoms with Crippen LogP contribution in [0.2, 0.25) is 0 Å². The van der Waals surface area contributed by atoms with Crippen molar-refractivity contribution in [2.45, 2.75) is 44.3 Å². The molecule has 0 aliphatic heterocycles. The van der Waals surface area contributed by atoms with Crippen molar-refractivity contribution >= 4 is 11.8 Å². The fourth-order valence-electron chi connectivity index (χ4n) is 2.58. The summed E-state index contributed by atoms with van der Waals surface area (Å²) in [7, 11) is 0. The van der Waals surface area contributed by atoms with Gasteiger partial charge in [0.1, 0.15) is 5.82 Å². The maximum Gasteiger partial charge on any atom is 0.433 e. The molecule has 0 unspecified atom stereocenters. The minimum Gasteiger partial charge on any atom is -0.394 e. The van der Waals surface area contributed by atoms with Crippen LogP contribution < -0.4 is 11.1 Å². The number of aromatic nitrogens is 2. The Hall–Kier alpha value is -1.57. The number of hydrogen-bond donors (Lipinski definition) is 3. The lowest BCUT2D eigenvalue weighted by Crippen LogP contribution is -2.45. The Bertz CT molecular complexity index is 499. The van der Waals surface area contributed by atoms with Crippen molar-refractivity contribution < 1.29 is 18.3 Å². The molecule has 21 heavy (non-hydrogen) atoms. The molecule has 1 aliphatic carbocycles. The Labute approximate surface area is 120 Å². The lowest BCUT2D eigenvalue weighted by atomic mass is 9.77. The third-order valence-electron chi connectivity index (χ3n) is 3.96. The second-order valence-electron chi connectivity index (χ2n) is 5.74. The van der Waals surface area contributed by atoms with Crippen LogP contribution >= 0.6 is 0 Å². The molecule has 8 heteroatoms. The number of halogens is 3. The smallest absolute Gasteiger partial charge is 0.394 e. The molecule has 4 N–H and O–H groups in total. The molecule has 0 aromatic carbocycles. The van der Waals surface area contributed by atoms with Crippen LogP contribution in [-0.4, -0.2) is 27.2 Å². The summed E-state index contributed by atoms with van der Waals surface area (Å²) < 4.78 is 38.2. The largest absolute Gasteiger partial charge is 0.433 e. The number of alkyl halides is 3. The molecule has 0 saturated heterocycles. The molecular formula is C13H19F3N4O. The van der Waals surface area contributed by atoms with Gasteiger partial charge >= 0.3 is 6.18 Å². The van der Waals surface area contributed by atoms with E-state index in [0.717, 1.165) is 18.9 Å². The molecule has 0 spiro atoms. The van der Waals surface area contributed by atoms with Gasteiger partial charge in [0.15, 0.2) is 5.69 Å². The predicted molar refractivity (Wildman–Crippen MR) is 72.5 cm³/mol. The van der Waals surface area contributed by atoms with E-state index in [9.17, 15) is 18.3 Å². The van der Waals surface area contributed by atoms with E-state index >= 15 is 0 Å². The molecule has 0 amide bonds. The number of rotatable bonds is 3. The molecule has 0 bridgehead atoms. The van der Waals surface area contributed by atoms with Crippen molar-refractivity contribution in [3.63, 3.8) is 0 Å². The normalized spacial score (nSPS) is 26.6. The van der Waals surface area contributed by atoms with E-state index in [1.54, 1.807) is 0 Å². The monoisotopic (exact) mass is 304 g/mol. The van der Waals surface area contributed by atoms with E-state index in [0.29, 0.717) is 18.8 Å². The van der Waals surface area contributed by atoms with Crippen LogP contribution in [0.25, 0.3) is 0 Å². The summed E-state index contributed by atoms with van der Waals surface area (Å²) in [6, 6.07) is 0.825. The van der Waals surface area contributed by atoms with Crippen molar-refractivity contribution in [2.24, 2.45) is 5.92 Å². The molecule has 1 aliphatic rings. The van der Waals surface area contributed by atoms with E-state index in [4.69, 9.17) is 5.73 Å². The topological polar surface area (TPSA) is 84.1 Å². The van der Waals surface area contributed by atoms with E-state index in [1.807, 2.05) is 0 Å². The van der Waals surface area contributed by atoms with Gasteiger partial charge in [-0.2, -0.15) is 18.2 Å². The van der Waals surface area contributed by atoms with Gasteiger partial charge in [-0.1, -0.05) is 6.92 Å². The number of nitrogens with zero attached hydrogens (tertiary/aromatic N) is 2. The van der Waals surface area contributed by atoms with E-state index in [2.05, 4.69) is 22.2 Å². The Morgan fingerprint density at radius 2 is 2.00 bits per heavy atom. The lowest BCUT2D eigenvalue weighted by Gasteiger charge is -2.39. The van der Waals surface area contributed by atoms with Crippen molar-refractivity contribution in [1.82, 2.24) is 9.97 Å². The van der Waals surface area contributed by atoms with Crippen LogP contribution in [0.4, 0.5) is 24.9 Å². The summed E-state index contributed by atoms with van der Waals surface area (Å²) in [5, 5.41) is 12.6. The van der Waals surface area contributed by atoms with Crippen LogP contribution in [0.5, 0.6) is 0 Å². The van der Waals surface area contributed by atoms with Gasteiger partial charge in [-0.05, 0) is 31.6 Å². The average Bonchev–Trinajstić information content (AvgIpc) is 2.40. The first-order valence-corrected chi connectivity index (χ1v) is 6.85. The van der Waals surface area contributed by atoms with Crippen molar-refractivity contribution in [3.05, 3.63) is 11.8 Å². The number of nitrogens with one attached hydrogen (secondary N) is 1. The SMILES string of the molecule is CC1CCC(CO)(Nc2cc(C(F)(F)F)nc(N)n2)CC1. The Morgan fingerprint density at radius 1 is 1.38 bits per heavy atom. The Kier molecular flexibility index (Phi) is 4.27. The second-order valence-corrected chi connectivity index (χ2v) is 5.74. The van der Waals surface area contributed by atoms with Crippen LogP contribution in [0, 0.1) is 5.92 Å². The molecule has 5 nitrogen and oxygen atoms in total. The standard InChI is InChI=1S/C13H19F3N4O/c1-8-2-4-12(7-21,5-3-8)20-10-6-9(13(14,15)16)18-11(17)19-10/h6,8,21H,2-5,7H2,1H3,(H3,17,18,19,20). The number of nitrogen functional groups attached to an aromatic ring is 1. The molecular weight excluding hydrogens is 285 g/mol. The van der Waals surface area contributed by atoms with Gasteiger partial charge in [0.2, 0.25) is 5.95 Å². The van der Waals surface area contributed by atoms with Gasteiger partial charge in [-0.3, -0.25) is 0 Å². The molecule has 0 radical (unpaired) electrons. The number of nitrogens with two attached hydrogens (primary N) is 1. The zero-order valence-corrected chi connectivity index (χ0v) is 11.7. The van der Waals surface area contributed by atoms with Gasteiger partial charge in [0.25, 0.3) is 0 Å². The molecule has 1 aromatic heterocycles. The van der Waals surface area contributed by atoms with Gasteiger partial charge in [-0.15, -0.1) is 0 Å².